The summed E-state index contributed by atoms with van der Waals surface area (Å²) >= 11 is 0.944. The first-order valence-corrected chi connectivity index (χ1v) is 12.6. The number of rotatable bonds is 7. The Balaban J connectivity index is 1.88. The third-order valence-corrected chi connectivity index (χ3v) is 6.65. The fraction of sp³-hybridized carbons (Fsp3) is 0.0357. The van der Waals surface area contributed by atoms with Crippen LogP contribution in [0.1, 0.15) is 18.1 Å². The Kier molecular flexibility index (Phi) is 8.35. The van der Waals surface area contributed by atoms with Gasteiger partial charge in [-0.1, -0.05) is 66.1 Å². The van der Waals surface area contributed by atoms with E-state index in [1.165, 1.54) is 43.3 Å². The zero-order valence-corrected chi connectivity index (χ0v) is 22.2. The van der Waals surface area contributed by atoms with Crippen molar-refractivity contribution < 1.29 is 24.5 Å². The van der Waals surface area contributed by atoms with Crippen molar-refractivity contribution in [2.45, 2.75) is 11.8 Å². The highest BCUT2D eigenvalue weighted by Crippen LogP contribution is 2.38. The molecule has 4 aromatic carbocycles. The molecule has 0 N–H and O–H groups in total. The van der Waals surface area contributed by atoms with E-state index in [1.807, 2.05) is 0 Å². The maximum absolute atomic E-state index is 11.9. The van der Waals surface area contributed by atoms with Gasteiger partial charge in [-0.25, -0.2) is 0 Å². The van der Waals surface area contributed by atoms with Crippen molar-refractivity contribution in [1.82, 2.24) is 0 Å². The van der Waals surface area contributed by atoms with Crippen molar-refractivity contribution in [1.29, 1.82) is 0 Å². The van der Waals surface area contributed by atoms with Crippen molar-refractivity contribution in [2.75, 3.05) is 0 Å². The van der Waals surface area contributed by atoms with E-state index >= 15 is 0 Å². The first-order chi connectivity index (χ1) is 20.0. The van der Waals surface area contributed by atoms with Crippen LogP contribution in [0, 0.1) is 52.3 Å². The van der Waals surface area contributed by atoms with Crippen LogP contribution < -0.4 is 0 Å². The fourth-order valence-electron chi connectivity index (χ4n) is 4.04. The summed E-state index contributed by atoms with van der Waals surface area (Å²) < 4.78 is 0. The van der Waals surface area contributed by atoms with Crippen LogP contribution in [0.25, 0.3) is 22.3 Å². The monoisotopic (exact) mass is 584 g/mol. The van der Waals surface area contributed by atoms with Gasteiger partial charge in [-0.2, -0.15) is 0 Å². The number of nitro benzene ring substituents is 4. The third-order valence-electron chi connectivity index (χ3n) is 5.86. The normalized spacial score (nSPS) is 10.3. The smallest absolute Gasteiger partial charge is 0.286 e. The van der Waals surface area contributed by atoms with Crippen LogP contribution in [0.4, 0.5) is 22.7 Å². The number of carbonyl (C=O) groups is 1. The quantitative estimate of drug-likeness (QED) is 0.0978. The van der Waals surface area contributed by atoms with Crippen molar-refractivity contribution in [3.8, 4) is 34.1 Å². The predicted molar refractivity (Wildman–Crippen MR) is 153 cm³/mol. The molecule has 14 heteroatoms. The zero-order chi connectivity index (χ0) is 30.6. The minimum atomic E-state index is -0.813. The van der Waals surface area contributed by atoms with Crippen LogP contribution in [0.5, 0.6) is 0 Å². The summed E-state index contributed by atoms with van der Waals surface area (Å²) in [7, 11) is 0. The van der Waals surface area contributed by atoms with Crippen LogP contribution in [0.15, 0.2) is 83.8 Å². The highest BCUT2D eigenvalue weighted by atomic mass is 32.2. The van der Waals surface area contributed by atoms with E-state index < -0.39 is 53.6 Å². The van der Waals surface area contributed by atoms with Crippen molar-refractivity contribution in [3.05, 3.63) is 130 Å². The van der Waals surface area contributed by atoms with Crippen LogP contribution in [-0.4, -0.2) is 24.8 Å². The minimum absolute atomic E-state index is 0.0310. The average molecular weight is 585 g/mol. The second kappa shape index (κ2) is 12.1. The van der Waals surface area contributed by atoms with Crippen LogP contribution in [0.3, 0.4) is 0 Å². The minimum Gasteiger partial charge on any atom is -0.287 e. The highest BCUT2D eigenvalue weighted by Gasteiger charge is 2.26. The Morgan fingerprint density at radius 2 is 1.00 bits per heavy atom. The van der Waals surface area contributed by atoms with Gasteiger partial charge in [0, 0.05) is 36.1 Å². The molecule has 0 aromatic heterocycles. The molecule has 4 aromatic rings. The molecule has 0 amide bonds. The Hall–Kier alpha value is -5.94. The summed E-state index contributed by atoms with van der Waals surface area (Å²) in [5, 5.41) is 47.3. The van der Waals surface area contributed by atoms with Gasteiger partial charge >= 0.3 is 0 Å². The largest absolute Gasteiger partial charge is 0.287 e. The Labute approximate surface area is 240 Å². The van der Waals surface area contributed by atoms with Crippen molar-refractivity contribution >= 4 is 39.6 Å². The molecule has 0 saturated heterocycles. The van der Waals surface area contributed by atoms with E-state index in [0.29, 0.717) is 10.5 Å². The number of benzene rings is 4. The lowest BCUT2D eigenvalue weighted by Gasteiger charge is -2.07. The van der Waals surface area contributed by atoms with Gasteiger partial charge in [0.2, 0.25) is 0 Å². The molecule has 0 spiro atoms. The zero-order valence-electron chi connectivity index (χ0n) is 21.4. The molecule has 0 heterocycles. The molecule has 0 radical (unpaired) electrons. The van der Waals surface area contributed by atoms with Gasteiger partial charge in [-0.15, -0.1) is 0 Å². The summed E-state index contributed by atoms with van der Waals surface area (Å²) in [5.41, 5.74) is -2.58. The van der Waals surface area contributed by atoms with E-state index in [9.17, 15) is 45.3 Å². The Morgan fingerprint density at radius 1 is 0.595 bits per heavy atom. The number of hydrogen-bond acceptors (Lipinski definition) is 10. The van der Waals surface area contributed by atoms with Gasteiger partial charge in [-0.05, 0) is 23.3 Å². The summed E-state index contributed by atoms with van der Waals surface area (Å²) in [6.45, 7) is 1.37. The summed E-state index contributed by atoms with van der Waals surface area (Å²) in [6, 6.07) is 17.7. The van der Waals surface area contributed by atoms with E-state index in [0.717, 1.165) is 36.0 Å². The standard InChI is InChI=1S/C28H16N4O9S/c1-17(33)42-22-11-9-19(10-12-22)24-16-26(30(36)37)21(14-28(24)32(40)41)8-7-20-13-27(31(38)39)23(15-25(20)29(34)35)18-5-3-2-4-6-18/h2-6,9-16H,1H3. The van der Waals surface area contributed by atoms with E-state index in [-0.39, 0.29) is 21.8 Å². The summed E-state index contributed by atoms with van der Waals surface area (Å²) in [4.78, 5) is 56.3. The molecule has 13 nitrogen and oxygen atoms in total. The molecule has 0 aliphatic carbocycles. The van der Waals surface area contributed by atoms with Crippen LogP contribution >= 0.6 is 11.8 Å². The number of hydrogen-bond donors (Lipinski definition) is 0. The molecule has 42 heavy (non-hydrogen) atoms. The van der Waals surface area contributed by atoms with Crippen LogP contribution in [-0.2, 0) is 4.79 Å². The van der Waals surface area contributed by atoms with Gasteiger partial charge in [0.25, 0.3) is 22.7 Å². The number of thioether (sulfide) groups is 1. The lowest BCUT2D eigenvalue weighted by atomic mass is 9.98. The number of carbonyl (C=O) groups excluding carboxylic acids is 1. The average Bonchev–Trinajstić information content (AvgIpc) is 2.95. The molecule has 4 rings (SSSR count). The summed E-state index contributed by atoms with van der Waals surface area (Å²) in [6.07, 6.45) is 0. The molecular weight excluding hydrogens is 568 g/mol. The van der Waals surface area contributed by atoms with Crippen molar-refractivity contribution in [3.63, 3.8) is 0 Å². The predicted octanol–water partition coefficient (Wildman–Crippen LogP) is 6.69. The number of nitro groups is 4. The van der Waals surface area contributed by atoms with Gasteiger partial charge < -0.3 is 0 Å². The fourth-order valence-corrected chi connectivity index (χ4v) is 4.65. The van der Waals surface area contributed by atoms with E-state index in [1.54, 1.807) is 18.2 Å². The first-order valence-electron chi connectivity index (χ1n) is 11.8. The first kappa shape index (κ1) is 29.1. The maximum atomic E-state index is 11.9. The SMILES string of the molecule is CC(=O)Sc1ccc(-c2cc([N+](=O)[O-])c(C#Cc3cc([N+](=O)[O-])c(-c4ccccc4)cc3[N+](=O)[O-])cc2[N+](=O)[O-])cc1. The molecule has 208 valence electrons. The summed E-state index contributed by atoms with van der Waals surface area (Å²) in [5.74, 6) is 4.75. The topological polar surface area (TPSA) is 190 Å². The number of nitrogens with zero attached hydrogens (tertiary/aromatic N) is 4. The molecule has 0 fully saturated rings. The second-order valence-electron chi connectivity index (χ2n) is 8.54. The Bertz CT molecular complexity index is 1850. The molecule has 0 saturated carbocycles. The maximum Gasteiger partial charge on any atom is 0.286 e. The molecule has 0 bridgehead atoms. The van der Waals surface area contributed by atoms with Crippen molar-refractivity contribution in [2.24, 2.45) is 0 Å². The second-order valence-corrected chi connectivity index (χ2v) is 9.79. The Morgan fingerprint density at radius 3 is 1.38 bits per heavy atom. The van der Waals surface area contributed by atoms with E-state index in [4.69, 9.17) is 0 Å². The molecule has 0 atom stereocenters. The van der Waals surface area contributed by atoms with Crippen LogP contribution in [0.2, 0.25) is 0 Å². The molecular formula is C28H16N4O9S. The third kappa shape index (κ3) is 6.27. The van der Waals surface area contributed by atoms with Gasteiger partial charge in [0.15, 0.2) is 5.12 Å². The van der Waals surface area contributed by atoms with Gasteiger partial charge in [-0.3, -0.25) is 45.3 Å². The molecule has 0 aliphatic heterocycles. The lowest BCUT2D eigenvalue weighted by Crippen LogP contribution is -2.00. The van der Waals surface area contributed by atoms with Gasteiger partial charge in [0.1, 0.15) is 11.1 Å². The lowest BCUT2D eigenvalue weighted by molar-refractivity contribution is -0.388. The molecule has 0 unspecified atom stereocenters. The highest BCUT2D eigenvalue weighted by molar-refractivity contribution is 8.13. The van der Waals surface area contributed by atoms with Gasteiger partial charge in [0.05, 0.1) is 30.8 Å². The molecule has 0 aliphatic rings. The van der Waals surface area contributed by atoms with E-state index in [2.05, 4.69) is 11.8 Å².